The molecule has 0 saturated carbocycles. The minimum Gasteiger partial charge on any atom is -0.486 e. The van der Waals surface area contributed by atoms with Crippen LogP contribution in [-0.4, -0.2) is 54.7 Å². The Bertz CT molecular complexity index is 776. The third kappa shape index (κ3) is 6.76. The summed E-state index contributed by atoms with van der Waals surface area (Å²) in [6.45, 7) is 8.51. The van der Waals surface area contributed by atoms with Crippen LogP contribution in [0.2, 0.25) is 0 Å². The van der Waals surface area contributed by atoms with Crippen LogP contribution in [0.5, 0.6) is 5.75 Å². The molecule has 1 aliphatic heterocycles. The van der Waals surface area contributed by atoms with Crippen molar-refractivity contribution in [2.24, 2.45) is 5.92 Å². The third-order valence-electron chi connectivity index (χ3n) is 4.76. The van der Waals surface area contributed by atoms with Gasteiger partial charge in [0.2, 0.25) is 0 Å². The van der Waals surface area contributed by atoms with Crippen molar-refractivity contribution >= 4 is 17.2 Å². The predicted octanol–water partition coefficient (Wildman–Crippen LogP) is 3.34. The number of carbonyl (C=O) groups is 1. The van der Waals surface area contributed by atoms with Crippen LogP contribution in [0.25, 0.3) is 0 Å². The molecule has 0 radical (unpaired) electrons. The first-order valence-corrected chi connectivity index (χ1v) is 10.8. The molecule has 1 saturated heterocycles. The first-order valence-electron chi connectivity index (χ1n) is 9.94. The molecule has 1 fully saturated rings. The molecule has 6 nitrogen and oxygen atoms in total. The van der Waals surface area contributed by atoms with E-state index in [9.17, 15) is 9.18 Å². The molecule has 0 bridgehead atoms. The van der Waals surface area contributed by atoms with Gasteiger partial charge in [0.25, 0.3) is 5.91 Å². The van der Waals surface area contributed by atoms with Gasteiger partial charge in [0.05, 0.1) is 13.2 Å². The summed E-state index contributed by atoms with van der Waals surface area (Å²) in [5.41, 5.74) is 0.401. The van der Waals surface area contributed by atoms with Crippen LogP contribution in [0, 0.1) is 11.7 Å². The molecule has 1 aliphatic rings. The lowest BCUT2D eigenvalue weighted by Crippen LogP contribution is -2.49. The average molecular weight is 422 g/mol. The van der Waals surface area contributed by atoms with E-state index in [0.717, 1.165) is 32.7 Å². The molecular formula is C21H28FN3O3S. The van der Waals surface area contributed by atoms with Gasteiger partial charge in [-0.3, -0.25) is 9.69 Å². The van der Waals surface area contributed by atoms with Gasteiger partial charge in [-0.05, 0) is 36.6 Å². The first-order chi connectivity index (χ1) is 14.0. The summed E-state index contributed by atoms with van der Waals surface area (Å²) in [6, 6.07) is 6.12. The zero-order chi connectivity index (χ0) is 20.6. The Labute approximate surface area is 175 Å². The molecule has 1 aromatic carbocycles. The first kappa shape index (κ1) is 21.7. The molecule has 1 aromatic heterocycles. The van der Waals surface area contributed by atoms with E-state index in [-0.39, 0.29) is 18.3 Å². The van der Waals surface area contributed by atoms with E-state index in [0.29, 0.717) is 35.0 Å². The summed E-state index contributed by atoms with van der Waals surface area (Å²) in [4.78, 5) is 19.3. The Morgan fingerprint density at radius 3 is 2.72 bits per heavy atom. The lowest BCUT2D eigenvalue weighted by atomic mass is 10.0. The van der Waals surface area contributed by atoms with E-state index in [1.807, 2.05) is 0 Å². The fourth-order valence-electron chi connectivity index (χ4n) is 3.31. The molecule has 0 spiro atoms. The van der Waals surface area contributed by atoms with E-state index in [1.165, 1.54) is 23.5 Å². The Morgan fingerprint density at radius 2 is 2.03 bits per heavy atom. The molecule has 8 heteroatoms. The number of nitrogens with one attached hydrogen (secondary N) is 1. The van der Waals surface area contributed by atoms with E-state index < -0.39 is 0 Å². The van der Waals surface area contributed by atoms with Gasteiger partial charge in [0.15, 0.2) is 0 Å². The molecule has 29 heavy (non-hydrogen) atoms. The summed E-state index contributed by atoms with van der Waals surface area (Å²) >= 11 is 1.38. The smallest absolute Gasteiger partial charge is 0.270 e. The molecule has 3 rings (SSSR count). The SMILES string of the molecule is CC(C)CC(CNC(=O)c1csc(COc2ccc(F)cc2)n1)N1CCOCC1. The number of thiazole rings is 1. The number of ether oxygens (including phenoxy) is 2. The fraction of sp³-hybridized carbons (Fsp3) is 0.524. The second kappa shape index (κ2) is 10.7. The van der Waals surface area contributed by atoms with Gasteiger partial charge in [-0.2, -0.15) is 0 Å². The summed E-state index contributed by atoms with van der Waals surface area (Å²) in [7, 11) is 0. The van der Waals surface area contributed by atoms with E-state index >= 15 is 0 Å². The van der Waals surface area contributed by atoms with Gasteiger partial charge >= 0.3 is 0 Å². The predicted molar refractivity (Wildman–Crippen MR) is 111 cm³/mol. The molecule has 2 heterocycles. The molecular weight excluding hydrogens is 393 g/mol. The van der Waals surface area contributed by atoms with Crippen molar-refractivity contribution in [2.45, 2.75) is 32.9 Å². The van der Waals surface area contributed by atoms with Crippen LogP contribution in [-0.2, 0) is 11.3 Å². The van der Waals surface area contributed by atoms with Crippen LogP contribution >= 0.6 is 11.3 Å². The number of aromatic nitrogens is 1. The highest BCUT2D eigenvalue weighted by atomic mass is 32.1. The highest BCUT2D eigenvalue weighted by molar-refractivity contribution is 7.09. The van der Waals surface area contributed by atoms with Crippen LogP contribution < -0.4 is 10.1 Å². The molecule has 1 unspecified atom stereocenters. The monoisotopic (exact) mass is 421 g/mol. The van der Waals surface area contributed by atoms with E-state index in [4.69, 9.17) is 9.47 Å². The Balaban J connectivity index is 1.51. The fourth-order valence-corrected chi connectivity index (χ4v) is 3.99. The second-order valence-corrected chi connectivity index (χ2v) is 8.45. The summed E-state index contributed by atoms with van der Waals surface area (Å²) < 4.78 is 24.0. The number of morpholine rings is 1. The number of rotatable bonds is 9. The molecule has 1 amide bonds. The minimum atomic E-state index is -0.307. The van der Waals surface area contributed by atoms with Crippen molar-refractivity contribution in [3.05, 3.63) is 46.2 Å². The Morgan fingerprint density at radius 1 is 1.31 bits per heavy atom. The zero-order valence-electron chi connectivity index (χ0n) is 16.9. The number of nitrogens with zero attached hydrogens (tertiary/aromatic N) is 2. The van der Waals surface area contributed by atoms with Crippen LogP contribution in [0.15, 0.2) is 29.6 Å². The molecule has 0 aliphatic carbocycles. The van der Waals surface area contributed by atoms with Crippen molar-refractivity contribution in [3.8, 4) is 5.75 Å². The maximum Gasteiger partial charge on any atom is 0.270 e. The topological polar surface area (TPSA) is 63.7 Å². The van der Waals surface area contributed by atoms with Crippen LogP contribution in [0.4, 0.5) is 4.39 Å². The number of carbonyl (C=O) groups excluding carboxylic acids is 1. The highest BCUT2D eigenvalue weighted by Crippen LogP contribution is 2.17. The highest BCUT2D eigenvalue weighted by Gasteiger charge is 2.23. The van der Waals surface area contributed by atoms with Crippen molar-refractivity contribution in [1.29, 1.82) is 0 Å². The third-order valence-corrected chi connectivity index (χ3v) is 5.59. The maximum atomic E-state index is 12.9. The molecule has 2 aromatic rings. The number of halogens is 1. The average Bonchev–Trinajstić information content (AvgIpc) is 3.20. The van der Waals surface area contributed by atoms with Crippen molar-refractivity contribution in [2.75, 3.05) is 32.8 Å². The minimum absolute atomic E-state index is 0.170. The maximum absolute atomic E-state index is 12.9. The number of benzene rings is 1. The molecule has 1 N–H and O–H groups in total. The van der Waals surface area contributed by atoms with Crippen molar-refractivity contribution in [3.63, 3.8) is 0 Å². The Kier molecular flexibility index (Phi) is 7.97. The standard InChI is InChI=1S/C21H28FN3O3S/c1-15(2)11-17(25-7-9-27-10-8-25)12-23-21(26)19-14-29-20(24-19)13-28-18-5-3-16(22)4-6-18/h3-6,14-15,17H,7-13H2,1-2H3,(H,23,26). The largest absolute Gasteiger partial charge is 0.486 e. The second-order valence-electron chi connectivity index (χ2n) is 7.51. The van der Waals surface area contributed by atoms with Gasteiger partial charge in [0, 0.05) is 31.1 Å². The van der Waals surface area contributed by atoms with Gasteiger partial charge in [-0.1, -0.05) is 13.8 Å². The van der Waals surface area contributed by atoms with Gasteiger partial charge in [-0.15, -0.1) is 11.3 Å². The van der Waals surface area contributed by atoms with Gasteiger partial charge in [-0.25, -0.2) is 9.37 Å². The lowest BCUT2D eigenvalue weighted by Gasteiger charge is -2.35. The normalized spacial score (nSPS) is 16.0. The van der Waals surface area contributed by atoms with Gasteiger partial charge in [0.1, 0.15) is 28.9 Å². The zero-order valence-corrected chi connectivity index (χ0v) is 17.7. The van der Waals surface area contributed by atoms with Crippen molar-refractivity contribution in [1.82, 2.24) is 15.2 Å². The van der Waals surface area contributed by atoms with E-state index in [1.54, 1.807) is 17.5 Å². The summed E-state index contributed by atoms with van der Waals surface area (Å²) in [5, 5.41) is 5.48. The van der Waals surface area contributed by atoms with E-state index in [2.05, 4.69) is 29.0 Å². The summed E-state index contributed by atoms with van der Waals surface area (Å²) in [5.74, 6) is 0.638. The number of hydrogen-bond donors (Lipinski definition) is 1. The lowest BCUT2D eigenvalue weighted by molar-refractivity contribution is 0.0124. The molecule has 1 atom stereocenters. The van der Waals surface area contributed by atoms with Crippen LogP contribution in [0.1, 0.15) is 35.8 Å². The van der Waals surface area contributed by atoms with Crippen LogP contribution in [0.3, 0.4) is 0 Å². The number of amides is 1. The molecule has 158 valence electrons. The number of hydrogen-bond acceptors (Lipinski definition) is 6. The quantitative estimate of drug-likeness (QED) is 0.673. The summed E-state index contributed by atoms with van der Waals surface area (Å²) in [6.07, 6.45) is 1.02. The van der Waals surface area contributed by atoms with Gasteiger partial charge < -0.3 is 14.8 Å². The Hall–Kier alpha value is -2.03. The van der Waals surface area contributed by atoms with Crippen molar-refractivity contribution < 1.29 is 18.7 Å².